The van der Waals surface area contributed by atoms with Crippen LogP contribution in [0.3, 0.4) is 0 Å². The van der Waals surface area contributed by atoms with Crippen molar-refractivity contribution in [3.8, 4) is 0 Å². The molecule has 94 valence electrons. The third-order valence-corrected chi connectivity index (χ3v) is 2.76. The highest BCUT2D eigenvalue weighted by Gasteiger charge is 2.11. The van der Waals surface area contributed by atoms with Crippen LogP contribution in [0.15, 0.2) is 36.5 Å². The molecule has 0 amide bonds. The highest BCUT2D eigenvalue weighted by Crippen LogP contribution is 2.23. The summed E-state index contributed by atoms with van der Waals surface area (Å²) in [5.74, 6) is -0.0808. The average Bonchev–Trinajstić information content (AvgIpc) is 2.27. The van der Waals surface area contributed by atoms with Crippen LogP contribution in [0, 0.1) is 5.82 Å². The third kappa shape index (κ3) is 3.18. The fourth-order valence-electron chi connectivity index (χ4n) is 1.73. The van der Waals surface area contributed by atoms with Crippen molar-refractivity contribution in [3.05, 3.63) is 58.5 Å². The predicted octanol–water partition coefficient (Wildman–Crippen LogP) is 2.73. The predicted molar refractivity (Wildman–Crippen MR) is 68.7 cm³/mol. The molecular weight excluding hydrogens is 255 g/mol. The van der Waals surface area contributed by atoms with Crippen molar-refractivity contribution in [3.63, 3.8) is 0 Å². The molecular formula is C13H12ClFN2O. The molecule has 2 aromatic rings. The molecule has 0 spiro atoms. The normalized spacial score (nSPS) is 12.4. The van der Waals surface area contributed by atoms with Crippen LogP contribution in [0.25, 0.3) is 0 Å². The fraction of sp³-hybridized carbons (Fsp3) is 0.154. The quantitative estimate of drug-likeness (QED) is 0.898. The number of pyridine rings is 1. The zero-order valence-corrected chi connectivity index (χ0v) is 10.2. The van der Waals surface area contributed by atoms with Gasteiger partial charge in [0.15, 0.2) is 0 Å². The molecule has 1 atom stereocenters. The molecule has 1 aromatic heterocycles. The Hall–Kier alpha value is -1.65. The van der Waals surface area contributed by atoms with Crippen molar-refractivity contribution >= 4 is 17.4 Å². The lowest BCUT2D eigenvalue weighted by Crippen LogP contribution is -2.03. The van der Waals surface area contributed by atoms with Crippen molar-refractivity contribution in [2.45, 2.75) is 12.5 Å². The minimum Gasteiger partial charge on any atom is -0.388 e. The summed E-state index contributed by atoms with van der Waals surface area (Å²) in [4.78, 5) is 3.86. The topological polar surface area (TPSA) is 59.1 Å². The second-order valence-corrected chi connectivity index (χ2v) is 4.45. The number of nitrogens with two attached hydrogens (primary N) is 1. The van der Waals surface area contributed by atoms with Crippen LogP contribution in [0.1, 0.15) is 17.2 Å². The minimum absolute atomic E-state index is 0.262. The number of anilines is 1. The molecule has 18 heavy (non-hydrogen) atoms. The van der Waals surface area contributed by atoms with Crippen LogP contribution < -0.4 is 5.73 Å². The second kappa shape index (κ2) is 5.33. The van der Waals surface area contributed by atoms with Crippen molar-refractivity contribution in [2.75, 3.05) is 5.73 Å². The van der Waals surface area contributed by atoms with Crippen LogP contribution in [0.2, 0.25) is 5.02 Å². The lowest BCUT2D eigenvalue weighted by Gasteiger charge is -2.12. The van der Waals surface area contributed by atoms with E-state index in [0.717, 1.165) is 5.56 Å². The number of aliphatic hydroxyl groups excluding tert-OH is 1. The minimum atomic E-state index is -0.833. The van der Waals surface area contributed by atoms with Gasteiger partial charge in [0.05, 0.1) is 6.10 Å². The molecule has 2 rings (SSSR count). The van der Waals surface area contributed by atoms with E-state index in [0.29, 0.717) is 17.8 Å². The molecule has 0 radical (unpaired) electrons. The summed E-state index contributed by atoms with van der Waals surface area (Å²) in [6.45, 7) is 0. The van der Waals surface area contributed by atoms with Gasteiger partial charge >= 0.3 is 0 Å². The van der Waals surface area contributed by atoms with Crippen molar-refractivity contribution < 1.29 is 9.50 Å². The van der Waals surface area contributed by atoms with Gasteiger partial charge in [-0.1, -0.05) is 11.6 Å². The maximum atomic E-state index is 13.2. The van der Waals surface area contributed by atoms with Crippen LogP contribution in [0.5, 0.6) is 0 Å². The molecule has 1 aromatic carbocycles. The first-order valence-corrected chi connectivity index (χ1v) is 5.77. The Morgan fingerprint density at radius 3 is 2.78 bits per heavy atom. The van der Waals surface area contributed by atoms with Gasteiger partial charge in [-0.3, -0.25) is 0 Å². The lowest BCUT2D eigenvalue weighted by molar-refractivity contribution is 0.178. The average molecular weight is 267 g/mol. The highest BCUT2D eigenvalue weighted by molar-refractivity contribution is 6.30. The summed E-state index contributed by atoms with van der Waals surface area (Å²) >= 11 is 5.74. The number of aromatic nitrogens is 1. The van der Waals surface area contributed by atoms with Gasteiger partial charge in [-0.15, -0.1) is 0 Å². The highest BCUT2D eigenvalue weighted by atomic mass is 35.5. The molecule has 3 nitrogen and oxygen atoms in total. The Bertz CT molecular complexity index is 542. The van der Waals surface area contributed by atoms with Gasteiger partial charge in [-0.25, -0.2) is 9.37 Å². The Morgan fingerprint density at radius 1 is 1.33 bits per heavy atom. The number of rotatable bonds is 3. The molecule has 0 saturated carbocycles. The van der Waals surface area contributed by atoms with E-state index in [1.54, 1.807) is 24.4 Å². The van der Waals surface area contributed by atoms with E-state index in [2.05, 4.69) is 4.98 Å². The lowest BCUT2D eigenvalue weighted by atomic mass is 10.0. The number of nitrogen functional groups attached to an aromatic ring is 1. The summed E-state index contributed by atoms with van der Waals surface area (Å²) in [6, 6.07) is 7.42. The first-order valence-electron chi connectivity index (χ1n) is 5.39. The van der Waals surface area contributed by atoms with E-state index in [4.69, 9.17) is 17.3 Å². The number of benzene rings is 1. The first kappa shape index (κ1) is 12.8. The molecule has 0 aliphatic rings. The Kier molecular flexibility index (Phi) is 3.79. The summed E-state index contributed by atoms with van der Waals surface area (Å²) in [6.07, 6.45) is 1.06. The SMILES string of the molecule is Nc1cc(CC(O)c2cc(F)cc(Cl)c2)ccn1. The van der Waals surface area contributed by atoms with Gasteiger partial charge < -0.3 is 10.8 Å². The maximum Gasteiger partial charge on any atom is 0.125 e. The summed E-state index contributed by atoms with van der Waals surface area (Å²) in [5, 5.41) is 10.3. The Labute approximate surface area is 109 Å². The van der Waals surface area contributed by atoms with Crippen LogP contribution in [0.4, 0.5) is 10.2 Å². The zero-order chi connectivity index (χ0) is 13.1. The van der Waals surface area contributed by atoms with Gasteiger partial charge in [0.25, 0.3) is 0 Å². The van der Waals surface area contributed by atoms with Crippen molar-refractivity contribution in [1.29, 1.82) is 0 Å². The maximum absolute atomic E-state index is 13.2. The number of nitrogens with zero attached hydrogens (tertiary/aromatic N) is 1. The van der Waals surface area contributed by atoms with Crippen LogP contribution in [-0.2, 0) is 6.42 Å². The largest absolute Gasteiger partial charge is 0.388 e. The molecule has 5 heteroatoms. The summed E-state index contributed by atoms with van der Waals surface area (Å²) in [7, 11) is 0. The molecule has 0 bridgehead atoms. The van der Waals surface area contributed by atoms with Gasteiger partial charge in [0.2, 0.25) is 0 Å². The van der Waals surface area contributed by atoms with E-state index in [9.17, 15) is 9.50 Å². The number of aliphatic hydroxyl groups is 1. The van der Waals surface area contributed by atoms with Gasteiger partial charge in [-0.2, -0.15) is 0 Å². The molecule has 0 saturated heterocycles. The second-order valence-electron chi connectivity index (χ2n) is 4.01. The zero-order valence-electron chi connectivity index (χ0n) is 9.48. The van der Waals surface area contributed by atoms with Crippen LogP contribution >= 0.6 is 11.6 Å². The monoisotopic (exact) mass is 266 g/mol. The molecule has 1 heterocycles. The Morgan fingerprint density at radius 2 is 2.11 bits per heavy atom. The first-order chi connectivity index (χ1) is 8.54. The standard InChI is InChI=1S/C13H12ClFN2O/c14-10-5-9(6-11(15)7-10)12(18)3-8-1-2-17-13(16)4-8/h1-2,4-7,12,18H,3H2,(H2,16,17). The number of hydrogen-bond acceptors (Lipinski definition) is 3. The van der Waals surface area contributed by atoms with Gasteiger partial charge in [-0.05, 0) is 41.5 Å². The van der Waals surface area contributed by atoms with Gasteiger partial charge in [0.1, 0.15) is 11.6 Å². The van der Waals surface area contributed by atoms with E-state index in [-0.39, 0.29) is 5.02 Å². The smallest absolute Gasteiger partial charge is 0.125 e. The molecule has 0 aliphatic carbocycles. The molecule has 0 aliphatic heterocycles. The van der Waals surface area contributed by atoms with E-state index in [1.165, 1.54) is 12.1 Å². The molecule has 0 fully saturated rings. The number of halogens is 2. The van der Waals surface area contributed by atoms with E-state index >= 15 is 0 Å². The van der Waals surface area contributed by atoms with E-state index in [1.807, 2.05) is 0 Å². The Balaban J connectivity index is 2.19. The summed E-state index contributed by atoms with van der Waals surface area (Å²) in [5.41, 5.74) is 6.82. The fourth-order valence-corrected chi connectivity index (χ4v) is 1.96. The van der Waals surface area contributed by atoms with Crippen molar-refractivity contribution in [2.24, 2.45) is 0 Å². The number of hydrogen-bond donors (Lipinski definition) is 2. The molecule has 3 N–H and O–H groups in total. The van der Waals surface area contributed by atoms with Crippen LogP contribution in [-0.4, -0.2) is 10.1 Å². The van der Waals surface area contributed by atoms with E-state index < -0.39 is 11.9 Å². The molecule has 1 unspecified atom stereocenters. The van der Waals surface area contributed by atoms with Gasteiger partial charge in [0, 0.05) is 17.6 Å². The third-order valence-electron chi connectivity index (χ3n) is 2.54. The van der Waals surface area contributed by atoms with Crippen molar-refractivity contribution in [1.82, 2.24) is 4.98 Å². The summed E-state index contributed by atoms with van der Waals surface area (Å²) < 4.78 is 13.2.